The number of aliphatic hydroxyl groups is 1. The SMILES string of the molecule is Nc1ncnc2c1c(-c1ccc(NC(=O)Oc3ccccc3)c(F)c1)nn2CCCCCO. The maximum Gasteiger partial charge on any atom is 0.417 e. The van der Waals surface area contributed by atoms with Crippen molar-refractivity contribution in [2.24, 2.45) is 0 Å². The molecule has 0 spiro atoms. The highest BCUT2D eigenvalue weighted by Gasteiger charge is 2.18. The quantitative estimate of drug-likeness (QED) is 0.346. The number of hydrogen-bond acceptors (Lipinski definition) is 7. The number of halogens is 1. The van der Waals surface area contributed by atoms with Crippen LogP contribution in [0.25, 0.3) is 22.3 Å². The number of nitrogen functional groups attached to an aromatic ring is 1. The topological polar surface area (TPSA) is 128 Å². The molecule has 0 saturated carbocycles. The van der Waals surface area contributed by atoms with Crippen LogP contribution in [-0.2, 0) is 6.54 Å². The van der Waals surface area contributed by atoms with Gasteiger partial charge in [-0.15, -0.1) is 0 Å². The number of anilines is 2. The van der Waals surface area contributed by atoms with E-state index in [9.17, 15) is 9.18 Å². The Bertz CT molecular complexity index is 1260. The van der Waals surface area contributed by atoms with Crippen molar-refractivity contribution >= 4 is 28.6 Å². The molecule has 0 unspecified atom stereocenters. The monoisotopic (exact) mass is 450 g/mol. The standard InChI is InChI=1S/C23H23FN6O3/c24-17-13-15(9-10-18(17)28-23(32)33-16-7-3-1-4-8-16)20-19-21(25)26-14-27-22(19)30(29-20)11-5-2-6-12-31/h1,3-4,7-10,13-14,31H,2,5-6,11-12H2,(H,28,32)(H2,25,26,27). The third-order valence-corrected chi connectivity index (χ3v) is 5.02. The van der Waals surface area contributed by atoms with Crippen molar-refractivity contribution in [2.45, 2.75) is 25.8 Å². The lowest BCUT2D eigenvalue weighted by Crippen LogP contribution is -2.17. The zero-order chi connectivity index (χ0) is 23.2. The summed E-state index contributed by atoms with van der Waals surface area (Å²) < 4.78 is 21.7. The van der Waals surface area contributed by atoms with E-state index >= 15 is 0 Å². The van der Waals surface area contributed by atoms with Gasteiger partial charge in [0.1, 0.15) is 29.4 Å². The average molecular weight is 450 g/mol. The lowest BCUT2D eigenvalue weighted by atomic mass is 10.1. The Morgan fingerprint density at radius 1 is 1.12 bits per heavy atom. The predicted molar refractivity (Wildman–Crippen MR) is 122 cm³/mol. The first-order valence-electron chi connectivity index (χ1n) is 10.5. The van der Waals surface area contributed by atoms with E-state index in [2.05, 4.69) is 20.4 Å². The summed E-state index contributed by atoms with van der Waals surface area (Å²) in [5.74, 6) is -0.0669. The molecule has 0 aliphatic heterocycles. The Hall–Kier alpha value is -4.05. The molecule has 0 aliphatic carbocycles. The third-order valence-electron chi connectivity index (χ3n) is 5.02. The van der Waals surface area contributed by atoms with Gasteiger partial charge in [0.25, 0.3) is 0 Å². The smallest absolute Gasteiger partial charge is 0.410 e. The number of ether oxygens (including phenoxy) is 1. The number of nitrogens with zero attached hydrogens (tertiary/aromatic N) is 4. The van der Waals surface area contributed by atoms with Crippen LogP contribution in [0, 0.1) is 5.82 Å². The lowest BCUT2D eigenvalue weighted by Gasteiger charge is -2.08. The summed E-state index contributed by atoms with van der Waals surface area (Å²) in [5.41, 5.74) is 7.52. The Labute approximate surface area is 189 Å². The number of hydrogen-bond donors (Lipinski definition) is 3. The fourth-order valence-corrected chi connectivity index (χ4v) is 3.43. The molecule has 0 radical (unpaired) electrons. The Morgan fingerprint density at radius 3 is 2.70 bits per heavy atom. The molecular formula is C23H23FN6O3. The summed E-state index contributed by atoms with van der Waals surface area (Å²) in [7, 11) is 0. The molecule has 2 aromatic carbocycles. The zero-order valence-electron chi connectivity index (χ0n) is 17.7. The number of nitrogens with one attached hydrogen (secondary N) is 1. The number of rotatable bonds is 8. The first-order chi connectivity index (χ1) is 16.1. The summed E-state index contributed by atoms with van der Waals surface area (Å²) in [6.45, 7) is 0.708. The molecule has 9 nitrogen and oxygen atoms in total. The van der Waals surface area contributed by atoms with Crippen molar-refractivity contribution in [1.29, 1.82) is 0 Å². The van der Waals surface area contributed by atoms with E-state index in [-0.39, 0.29) is 18.1 Å². The number of fused-ring (bicyclic) bond motifs is 1. The van der Waals surface area contributed by atoms with Gasteiger partial charge in [-0.25, -0.2) is 23.8 Å². The van der Waals surface area contributed by atoms with Crippen LogP contribution in [0.2, 0.25) is 0 Å². The molecule has 0 saturated heterocycles. The maximum absolute atomic E-state index is 14.8. The molecule has 4 aromatic rings. The van der Waals surface area contributed by atoms with E-state index in [0.29, 0.717) is 41.0 Å². The summed E-state index contributed by atoms with van der Waals surface area (Å²) in [6, 6.07) is 12.8. The van der Waals surface area contributed by atoms with Crippen LogP contribution in [0.3, 0.4) is 0 Å². The van der Waals surface area contributed by atoms with Crippen LogP contribution in [0.5, 0.6) is 5.75 Å². The summed E-state index contributed by atoms with van der Waals surface area (Å²) in [4.78, 5) is 20.4. The van der Waals surface area contributed by atoms with E-state index in [1.807, 2.05) is 0 Å². The Kier molecular flexibility index (Phi) is 6.75. The van der Waals surface area contributed by atoms with Crippen molar-refractivity contribution in [1.82, 2.24) is 19.7 Å². The molecular weight excluding hydrogens is 427 g/mol. The number of nitrogens with two attached hydrogens (primary N) is 1. The molecule has 0 fully saturated rings. The molecule has 33 heavy (non-hydrogen) atoms. The lowest BCUT2D eigenvalue weighted by molar-refractivity contribution is 0.215. The van der Waals surface area contributed by atoms with Gasteiger partial charge in [-0.1, -0.05) is 24.3 Å². The minimum Gasteiger partial charge on any atom is -0.410 e. The van der Waals surface area contributed by atoms with Crippen LogP contribution in [0.4, 0.5) is 20.7 Å². The third kappa shape index (κ3) is 5.07. The molecule has 0 bridgehead atoms. The number of amides is 1. The second-order valence-corrected chi connectivity index (χ2v) is 7.34. The number of carbonyl (C=O) groups excluding carboxylic acids is 1. The van der Waals surface area contributed by atoms with Crippen LogP contribution in [-0.4, -0.2) is 37.6 Å². The largest absolute Gasteiger partial charge is 0.417 e. The minimum atomic E-state index is -0.803. The van der Waals surface area contributed by atoms with Crippen LogP contribution in [0.1, 0.15) is 19.3 Å². The molecule has 0 atom stereocenters. The average Bonchev–Trinajstić information content (AvgIpc) is 3.19. The molecule has 10 heteroatoms. The summed E-state index contributed by atoms with van der Waals surface area (Å²) in [5, 5.41) is 16.5. The van der Waals surface area contributed by atoms with Crippen molar-refractivity contribution < 1.29 is 19.0 Å². The van der Waals surface area contributed by atoms with Crippen molar-refractivity contribution in [3.05, 3.63) is 60.7 Å². The first kappa shape index (κ1) is 22.2. The molecule has 2 aromatic heterocycles. The normalized spacial score (nSPS) is 11.0. The fourth-order valence-electron chi connectivity index (χ4n) is 3.43. The highest BCUT2D eigenvalue weighted by Crippen LogP contribution is 2.32. The van der Waals surface area contributed by atoms with Crippen molar-refractivity contribution in [3.63, 3.8) is 0 Å². The van der Waals surface area contributed by atoms with Gasteiger partial charge in [0.15, 0.2) is 5.65 Å². The number of aromatic nitrogens is 4. The predicted octanol–water partition coefficient (Wildman–Crippen LogP) is 3.99. The molecule has 4 N–H and O–H groups in total. The zero-order valence-corrected chi connectivity index (χ0v) is 17.7. The number of benzene rings is 2. The molecule has 4 rings (SSSR count). The summed E-state index contributed by atoms with van der Waals surface area (Å²) >= 11 is 0. The number of aryl methyl sites for hydroxylation is 1. The molecule has 1 amide bonds. The molecule has 0 aliphatic rings. The van der Waals surface area contributed by atoms with Crippen molar-refractivity contribution in [3.8, 4) is 17.0 Å². The minimum absolute atomic E-state index is 0.0309. The Morgan fingerprint density at radius 2 is 1.94 bits per heavy atom. The molecule has 170 valence electrons. The molecule has 2 heterocycles. The van der Waals surface area contributed by atoms with E-state index in [1.165, 1.54) is 18.5 Å². The number of unbranched alkanes of at least 4 members (excludes halogenated alkanes) is 2. The van der Waals surface area contributed by atoms with Gasteiger partial charge in [0.05, 0.1) is 11.1 Å². The van der Waals surface area contributed by atoms with Crippen LogP contribution >= 0.6 is 0 Å². The van der Waals surface area contributed by atoms with Gasteiger partial charge < -0.3 is 15.6 Å². The highest BCUT2D eigenvalue weighted by atomic mass is 19.1. The van der Waals surface area contributed by atoms with Gasteiger partial charge >= 0.3 is 6.09 Å². The van der Waals surface area contributed by atoms with E-state index < -0.39 is 11.9 Å². The second-order valence-electron chi connectivity index (χ2n) is 7.34. The van der Waals surface area contributed by atoms with E-state index in [4.69, 9.17) is 15.6 Å². The van der Waals surface area contributed by atoms with E-state index in [1.54, 1.807) is 41.1 Å². The number of carbonyl (C=O) groups is 1. The van der Waals surface area contributed by atoms with Gasteiger partial charge in [-0.3, -0.25) is 5.32 Å². The van der Waals surface area contributed by atoms with Gasteiger partial charge in [0.2, 0.25) is 0 Å². The van der Waals surface area contributed by atoms with Gasteiger partial charge in [0, 0.05) is 18.7 Å². The van der Waals surface area contributed by atoms with Crippen molar-refractivity contribution in [2.75, 3.05) is 17.7 Å². The number of aliphatic hydroxyl groups excluding tert-OH is 1. The maximum atomic E-state index is 14.8. The van der Waals surface area contributed by atoms with E-state index in [0.717, 1.165) is 12.8 Å². The van der Waals surface area contributed by atoms with Gasteiger partial charge in [-0.2, -0.15) is 5.10 Å². The fraction of sp³-hybridized carbons (Fsp3) is 0.217. The first-order valence-corrected chi connectivity index (χ1v) is 10.5. The van der Waals surface area contributed by atoms with Crippen LogP contribution in [0.15, 0.2) is 54.9 Å². The van der Waals surface area contributed by atoms with Crippen LogP contribution < -0.4 is 15.8 Å². The van der Waals surface area contributed by atoms with Gasteiger partial charge in [-0.05, 0) is 43.5 Å². The second kappa shape index (κ2) is 10.0. The number of para-hydroxylation sites is 1. The Balaban J connectivity index is 1.58. The summed E-state index contributed by atoms with van der Waals surface area (Å²) in [6.07, 6.45) is 2.89. The highest BCUT2D eigenvalue weighted by molar-refractivity contribution is 5.98.